The molecule has 2 amide bonds. The van der Waals surface area contributed by atoms with Gasteiger partial charge in [-0.2, -0.15) is 0 Å². The molecule has 1 aliphatic carbocycles. The topological polar surface area (TPSA) is 74.5 Å². The summed E-state index contributed by atoms with van der Waals surface area (Å²) >= 11 is 0. The molecule has 0 radical (unpaired) electrons. The fourth-order valence-corrected chi connectivity index (χ4v) is 2.82. The minimum Gasteiger partial charge on any atom is -0.463 e. The van der Waals surface area contributed by atoms with Crippen molar-refractivity contribution in [3.05, 3.63) is 59.5 Å². The molecule has 3 N–H and O–H groups in total. The molecule has 24 heavy (non-hydrogen) atoms. The van der Waals surface area contributed by atoms with Gasteiger partial charge in [0.15, 0.2) is 0 Å². The van der Waals surface area contributed by atoms with E-state index in [4.69, 9.17) is 4.42 Å². The van der Waals surface area contributed by atoms with E-state index in [1.54, 1.807) is 19.1 Å². The van der Waals surface area contributed by atoms with Gasteiger partial charge in [0.25, 0.3) is 0 Å². The second-order valence-electron chi connectivity index (χ2n) is 6.74. The van der Waals surface area contributed by atoms with E-state index in [9.17, 15) is 9.90 Å². The van der Waals surface area contributed by atoms with Crippen LogP contribution in [0.2, 0.25) is 0 Å². The molecule has 5 nitrogen and oxygen atoms in total. The summed E-state index contributed by atoms with van der Waals surface area (Å²) in [6, 6.07) is 13.3. The van der Waals surface area contributed by atoms with Crippen molar-refractivity contribution in [2.75, 3.05) is 6.54 Å². The fourth-order valence-electron chi connectivity index (χ4n) is 2.82. The van der Waals surface area contributed by atoms with Gasteiger partial charge in [0.1, 0.15) is 17.1 Å². The molecule has 2 atom stereocenters. The number of nitrogens with one attached hydrogen (secondary N) is 2. The number of benzene rings is 1. The maximum atomic E-state index is 12.3. The molecule has 1 saturated carbocycles. The van der Waals surface area contributed by atoms with Crippen LogP contribution in [-0.2, 0) is 5.60 Å². The second-order valence-corrected chi connectivity index (χ2v) is 6.74. The lowest BCUT2D eigenvalue weighted by Gasteiger charge is -2.23. The Labute approximate surface area is 142 Å². The fraction of sp³-hybridized carbons (Fsp3) is 0.421. The highest BCUT2D eigenvalue weighted by molar-refractivity contribution is 5.74. The Morgan fingerprint density at radius 2 is 2.00 bits per heavy atom. The molecule has 128 valence electrons. The number of urea groups is 1. The molecular formula is C19H24N2O3. The van der Waals surface area contributed by atoms with E-state index in [0.29, 0.717) is 11.7 Å². The smallest absolute Gasteiger partial charge is 0.315 e. The van der Waals surface area contributed by atoms with Crippen LogP contribution in [0.4, 0.5) is 4.79 Å². The van der Waals surface area contributed by atoms with Crippen molar-refractivity contribution < 1.29 is 14.3 Å². The molecule has 0 spiro atoms. The lowest BCUT2D eigenvalue weighted by molar-refractivity contribution is 0.0358. The van der Waals surface area contributed by atoms with Crippen LogP contribution in [0.25, 0.3) is 0 Å². The SMILES string of the molecule is Cc1ccc(C(C)(O)CNC(=O)NC(c2ccccc2)C2CC2)o1. The predicted octanol–water partition coefficient (Wildman–Crippen LogP) is 3.25. The Bertz CT molecular complexity index is 690. The van der Waals surface area contributed by atoms with E-state index in [2.05, 4.69) is 10.6 Å². The Kier molecular flexibility index (Phi) is 4.62. The Morgan fingerprint density at radius 1 is 1.29 bits per heavy atom. The Morgan fingerprint density at radius 3 is 2.58 bits per heavy atom. The summed E-state index contributed by atoms with van der Waals surface area (Å²) in [4.78, 5) is 12.3. The van der Waals surface area contributed by atoms with E-state index in [1.807, 2.05) is 37.3 Å². The number of carbonyl (C=O) groups is 1. The van der Waals surface area contributed by atoms with Crippen molar-refractivity contribution in [2.24, 2.45) is 5.92 Å². The molecule has 0 aliphatic heterocycles. The normalized spacial score (nSPS) is 17.8. The molecule has 1 aliphatic rings. The molecule has 5 heteroatoms. The molecular weight excluding hydrogens is 304 g/mol. The van der Waals surface area contributed by atoms with Gasteiger partial charge in [0, 0.05) is 0 Å². The lowest BCUT2D eigenvalue weighted by atomic mass is 10.0. The molecule has 3 rings (SSSR count). The van der Waals surface area contributed by atoms with Gasteiger partial charge < -0.3 is 20.2 Å². The summed E-state index contributed by atoms with van der Waals surface area (Å²) in [5, 5.41) is 16.3. The minimum atomic E-state index is -1.24. The zero-order valence-electron chi connectivity index (χ0n) is 14.1. The van der Waals surface area contributed by atoms with Crippen LogP contribution >= 0.6 is 0 Å². The zero-order valence-corrected chi connectivity index (χ0v) is 14.1. The Hall–Kier alpha value is -2.27. The highest BCUT2D eigenvalue weighted by Gasteiger charge is 2.34. The van der Waals surface area contributed by atoms with Gasteiger partial charge in [-0.05, 0) is 50.3 Å². The number of rotatable bonds is 6. The van der Waals surface area contributed by atoms with E-state index < -0.39 is 5.60 Å². The van der Waals surface area contributed by atoms with E-state index in [1.165, 1.54) is 0 Å². The van der Waals surface area contributed by atoms with Crippen LogP contribution in [0, 0.1) is 12.8 Å². The summed E-state index contributed by atoms with van der Waals surface area (Å²) < 4.78 is 5.46. The first-order valence-corrected chi connectivity index (χ1v) is 8.34. The number of carbonyl (C=O) groups excluding carboxylic acids is 1. The van der Waals surface area contributed by atoms with E-state index in [0.717, 1.165) is 24.2 Å². The van der Waals surface area contributed by atoms with Crippen LogP contribution in [0.15, 0.2) is 46.9 Å². The lowest BCUT2D eigenvalue weighted by Crippen LogP contribution is -2.44. The monoisotopic (exact) mass is 328 g/mol. The van der Waals surface area contributed by atoms with Crippen LogP contribution in [-0.4, -0.2) is 17.7 Å². The van der Waals surface area contributed by atoms with E-state index in [-0.39, 0.29) is 18.6 Å². The number of aryl methyl sites for hydroxylation is 1. The third-order valence-electron chi connectivity index (χ3n) is 4.40. The molecule has 1 aromatic heterocycles. The van der Waals surface area contributed by atoms with Gasteiger partial charge in [-0.15, -0.1) is 0 Å². The second kappa shape index (κ2) is 6.69. The number of hydrogen-bond acceptors (Lipinski definition) is 3. The summed E-state index contributed by atoms with van der Waals surface area (Å²) in [6.45, 7) is 3.53. The summed E-state index contributed by atoms with van der Waals surface area (Å²) in [5.41, 5.74) is -0.128. The van der Waals surface area contributed by atoms with Crippen LogP contribution in [0.5, 0.6) is 0 Å². The first-order chi connectivity index (χ1) is 11.5. The summed E-state index contributed by atoms with van der Waals surface area (Å²) in [7, 11) is 0. The average molecular weight is 328 g/mol. The highest BCUT2D eigenvalue weighted by atomic mass is 16.4. The predicted molar refractivity (Wildman–Crippen MR) is 91.5 cm³/mol. The van der Waals surface area contributed by atoms with Crippen molar-refractivity contribution in [2.45, 2.75) is 38.3 Å². The minimum absolute atomic E-state index is 0.0157. The molecule has 2 aromatic rings. The largest absolute Gasteiger partial charge is 0.463 e. The van der Waals surface area contributed by atoms with Gasteiger partial charge in [0.05, 0.1) is 12.6 Å². The van der Waals surface area contributed by atoms with Gasteiger partial charge in [-0.1, -0.05) is 30.3 Å². The van der Waals surface area contributed by atoms with Crippen molar-refractivity contribution in [3.63, 3.8) is 0 Å². The standard InChI is InChI=1S/C19H24N2O3/c1-13-8-11-16(24-13)19(2,23)12-20-18(22)21-17(15-9-10-15)14-6-4-3-5-7-14/h3-8,11,15,17,23H,9-10,12H2,1-2H3,(H2,20,21,22). The first kappa shape index (κ1) is 16.6. The van der Waals surface area contributed by atoms with Crippen LogP contribution < -0.4 is 10.6 Å². The summed E-state index contributed by atoms with van der Waals surface area (Å²) in [6.07, 6.45) is 2.26. The van der Waals surface area contributed by atoms with Crippen LogP contribution in [0.1, 0.15) is 42.9 Å². The third kappa shape index (κ3) is 3.97. The molecule has 1 fully saturated rings. The quantitative estimate of drug-likeness (QED) is 0.762. The van der Waals surface area contributed by atoms with Gasteiger partial charge in [-0.3, -0.25) is 0 Å². The third-order valence-corrected chi connectivity index (χ3v) is 4.40. The zero-order chi connectivity index (χ0) is 17.2. The van der Waals surface area contributed by atoms with E-state index >= 15 is 0 Å². The molecule has 0 bridgehead atoms. The molecule has 1 aromatic carbocycles. The highest BCUT2D eigenvalue weighted by Crippen LogP contribution is 2.40. The maximum Gasteiger partial charge on any atom is 0.315 e. The number of hydrogen-bond donors (Lipinski definition) is 3. The maximum absolute atomic E-state index is 12.3. The van der Waals surface area contributed by atoms with Gasteiger partial charge in [0.2, 0.25) is 0 Å². The van der Waals surface area contributed by atoms with Crippen LogP contribution in [0.3, 0.4) is 0 Å². The van der Waals surface area contributed by atoms with Gasteiger partial charge in [-0.25, -0.2) is 4.79 Å². The average Bonchev–Trinajstić information content (AvgIpc) is 3.31. The number of furan rings is 1. The Balaban J connectivity index is 1.58. The van der Waals surface area contributed by atoms with Crippen molar-refractivity contribution >= 4 is 6.03 Å². The van der Waals surface area contributed by atoms with Crippen molar-refractivity contribution in [1.82, 2.24) is 10.6 Å². The summed E-state index contributed by atoms with van der Waals surface area (Å²) in [5.74, 6) is 1.67. The van der Waals surface area contributed by atoms with Gasteiger partial charge >= 0.3 is 6.03 Å². The molecule has 2 unspecified atom stereocenters. The van der Waals surface area contributed by atoms with Crippen molar-refractivity contribution in [1.29, 1.82) is 0 Å². The number of amides is 2. The molecule has 0 saturated heterocycles. The number of aliphatic hydroxyl groups is 1. The van der Waals surface area contributed by atoms with Crippen molar-refractivity contribution in [3.8, 4) is 0 Å². The first-order valence-electron chi connectivity index (χ1n) is 8.34. The molecule has 1 heterocycles.